The summed E-state index contributed by atoms with van der Waals surface area (Å²) in [6, 6.07) is 4.16. The number of thioether (sulfide) groups is 1. The van der Waals surface area contributed by atoms with Gasteiger partial charge in [-0.2, -0.15) is 0 Å². The van der Waals surface area contributed by atoms with E-state index in [0.29, 0.717) is 36.1 Å². The predicted molar refractivity (Wildman–Crippen MR) is 119 cm³/mol. The van der Waals surface area contributed by atoms with Crippen molar-refractivity contribution in [1.82, 2.24) is 24.6 Å². The Morgan fingerprint density at radius 1 is 1.06 bits per heavy atom. The quantitative estimate of drug-likeness (QED) is 0.540. The van der Waals surface area contributed by atoms with Crippen molar-refractivity contribution in [2.45, 2.75) is 31.6 Å². The molecule has 0 N–H and O–H groups in total. The van der Waals surface area contributed by atoms with E-state index < -0.39 is 0 Å². The van der Waals surface area contributed by atoms with E-state index >= 15 is 0 Å². The smallest absolute Gasteiger partial charge is 0.233 e. The van der Waals surface area contributed by atoms with Gasteiger partial charge in [0.05, 0.1) is 27.1 Å². The highest BCUT2D eigenvalue weighted by atomic mass is 32.2. The summed E-state index contributed by atoms with van der Waals surface area (Å²) >= 11 is 1.44. The zero-order valence-electron chi connectivity index (χ0n) is 18.8. The van der Waals surface area contributed by atoms with Crippen LogP contribution in [0.5, 0.6) is 17.2 Å². The van der Waals surface area contributed by atoms with Crippen LogP contribution >= 0.6 is 11.8 Å². The maximum atomic E-state index is 12.7. The Bertz CT molecular complexity index is 881. The SMILES string of the molecule is COc1ccc(CN2CCN(C(=O)CSc3nncn3C(C)C)CC2)c(OC)c1OC. The fourth-order valence-corrected chi connectivity index (χ4v) is 4.54. The van der Waals surface area contributed by atoms with E-state index in [-0.39, 0.29) is 11.9 Å². The fourth-order valence-electron chi connectivity index (χ4n) is 3.59. The number of nitrogens with zero attached hydrogens (tertiary/aromatic N) is 5. The Balaban J connectivity index is 1.54. The van der Waals surface area contributed by atoms with E-state index in [9.17, 15) is 4.79 Å². The number of benzene rings is 1. The fraction of sp³-hybridized carbons (Fsp3) is 0.571. The molecule has 0 saturated carbocycles. The number of aromatic nitrogens is 3. The van der Waals surface area contributed by atoms with E-state index in [1.54, 1.807) is 27.7 Å². The molecule has 3 rings (SSSR count). The van der Waals surface area contributed by atoms with Crippen molar-refractivity contribution in [3.63, 3.8) is 0 Å². The van der Waals surface area contributed by atoms with E-state index in [0.717, 1.165) is 30.4 Å². The van der Waals surface area contributed by atoms with Crippen molar-refractivity contribution in [2.75, 3.05) is 53.3 Å². The molecular formula is C21H31N5O4S. The van der Waals surface area contributed by atoms with Crippen LogP contribution in [0.2, 0.25) is 0 Å². The molecule has 10 heteroatoms. The number of amides is 1. The predicted octanol–water partition coefficient (Wildman–Crippen LogP) is 2.32. The first-order valence-corrected chi connectivity index (χ1v) is 11.3. The molecule has 2 heterocycles. The number of ether oxygens (including phenoxy) is 3. The summed E-state index contributed by atoms with van der Waals surface area (Å²) in [6.07, 6.45) is 1.71. The van der Waals surface area contributed by atoms with Crippen LogP contribution in [0.15, 0.2) is 23.6 Å². The van der Waals surface area contributed by atoms with Crippen LogP contribution in [0.1, 0.15) is 25.5 Å². The van der Waals surface area contributed by atoms with Crippen molar-refractivity contribution >= 4 is 17.7 Å². The molecule has 1 saturated heterocycles. The average Bonchev–Trinajstić information content (AvgIpc) is 3.26. The minimum atomic E-state index is 0.131. The normalized spacial score (nSPS) is 14.7. The third-order valence-corrected chi connectivity index (χ3v) is 6.27. The van der Waals surface area contributed by atoms with Crippen LogP contribution in [0.3, 0.4) is 0 Å². The van der Waals surface area contributed by atoms with Crippen molar-refractivity contribution < 1.29 is 19.0 Å². The molecule has 0 radical (unpaired) electrons. The van der Waals surface area contributed by atoms with Gasteiger partial charge in [-0.05, 0) is 19.9 Å². The van der Waals surface area contributed by atoms with Crippen molar-refractivity contribution in [3.05, 3.63) is 24.0 Å². The molecule has 1 aliphatic rings. The summed E-state index contributed by atoms with van der Waals surface area (Å²) in [7, 11) is 4.85. The Labute approximate surface area is 187 Å². The maximum Gasteiger partial charge on any atom is 0.233 e. The lowest BCUT2D eigenvalue weighted by atomic mass is 10.1. The van der Waals surface area contributed by atoms with Gasteiger partial charge in [0.25, 0.3) is 0 Å². The minimum absolute atomic E-state index is 0.131. The van der Waals surface area contributed by atoms with Crippen LogP contribution in [0.4, 0.5) is 0 Å². The van der Waals surface area contributed by atoms with Gasteiger partial charge < -0.3 is 23.7 Å². The number of rotatable bonds is 9. The molecule has 9 nitrogen and oxygen atoms in total. The lowest BCUT2D eigenvalue weighted by molar-refractivity contribution is -0.130. The van der Waals surface area contributed by atoms with Gasteiger partial charge >= 0.3 is 0 Å². The van der Waals surface area contributed by atoms with Crippen LogP contribution in [-0.4, -0.2) is 83.7 Å². The molecule has 31 heavy (non-hydrogen) atoms. The second-order valence-electron chi connectivity index (χ2n) is 7.55. The van der Waals surface area contributed by atoms with Gasteiger partial charge in [-0.25, -0.2) is 0 Å². The van der Waals surface area contributed by atoms with Gasteiger partial charge in [0.2, 0.25) is 11.7 Å². The number of carbonyl (C=O) groups excluding carboxylic acids is 1. The zero-order valence-corrected chi connectivity index (χ0v) is 19.6. The molecule has 0 spiro atoms. The molecule has 0 unspecified atom stereocenters. The van der Waals surface area contributed by atoms with Gasteiger partial charge in [0.15, 0.2) is 16.7 Å². The summed E-state index contributed by atoms with van der Waals surface area (Å²) in [5, 5.41) is 8.86. The molecule has 1 fully saturated rings. The second kappa shape index (κ2) is 10.7. The highest BCUT2D eigenvalue weighted by Crippen LogP contribution is 2.40. The lowest BCUT2D eigenvalue weighted by Gasteiger charge is -2.35. The molecule has 0 aliphatic carbocycles. The van der Waals surface area contributed by atoms with Gasteiger partial charge in [-0.3, -0.25) is 9.69 Å². The van der Waals surface area contributed by atoms with E-state index in [1.807, 2.05) is 21.6 Å². The lowest BCUT2D eigenvalue weighted by Crippen LogP contribution is -2.48. The summed E-state index contributed by atoms with van der Waals surface area (Å²) in [5.74, 6) is 2.43. The summed E-state index contributed by atoms with van der Waals surface area (Å²) in [4.78, 5) is 16.9. The Morgan fingerprint density at radius 2 is 1.77 bits per heavy atom. The van der Waals surface area contributed by atoms with Crippen LogP contribution in [-0.2, 0) is 11.3 Å². The summed E-state index contributed by atoms with van der Waals surface area (Å²) in [5.41, 5.74) is 1.03. The Morgan fingerprint density at radius 3 is 2.39 bits per heavy atom. The first-order valence-electron chi connectivity index (χ1n) is 10.3. The van der Waals surface area contributed by atoms with Crippen LogP contribution in [0.25, 0.3) is 0 Å². The monoisotopic (exact) mass is 449 g/mol. The average molecular weight is 450 g/mol. The molecule has 2 aromatic rings. The second-order valence-corrected chi connectivity index (χ2v) is 8.50. The molecular weight excluding hydrogens is 418 g/mol. The highest BCUT2D eigenvalue weighted by Gasteiger charge is 2.24. The topological polar surface area (TPSA) is 82.0 Å². The minimum Gasteiger partial charge on any atom is -0.493 e. The zero-order chi connectivity index (χ0) is 22.4. The molecule has 0 bridgehead atoms. The van der Waals surface area contributed by atoms with Crippen molar-refractivity contribution in [2.24, 2.45) is 0 Å². The first-order chi connectivity index (χ1) is 15.0. The third-order valence-electron chi connectivity index (χ3n) is 5.33. The van der Waals surface area contributed by atoms with Gasteiger partial charge in [-0.15, -0.1) is 10.2 Å². The molecule has 0 atom stereocenters. The van der Waals surface area contributed by atoms with Gasteiger partial charge in [0.1, 0.15) is 6.33 Å². The first kappa shape index (κ1) is 23.2. The summed E-state index contributed by atoms with van der Waals surface area (Å²) in [6.45, 7) is 7.87. The largest absolute Gasteiger partial charge is 0.493 e. The van der Waals surface area contributed by atoms with Crippen molar-refractivity contribution in [3.8, 4) is 17.2 Å². The van der Waals surface area contributed by atoms with Gasteiger partial charge in [-0.1, -0.05) is 17.8 Å². The molecule has 1 aromatic heterocycles. The summed E-state index contributed by atoms with van der Waals surface area (Å²) < 4.78 is 18.4. The van der Waals surface area contributed by atoms with E-state index in [1.165, 1.54) is 11.8 Å². The number of piperazine rings is 1. The molecule has 170 valence electrons. The number of carbonyl (C=O) groups is 1. The standard InChI is InChI=1S/C21H31N5O4S/c1-15(2)26-14-22-23-21(26)31-13-18(27)25-10-8-24(9-11-25)12-16-6-7-17(28-3)20(30-5)19(16)29-4/h6-7,14-15H,8-13H2,1-5H3. The third kappa shape index (κ3) is 5.43. The van der Waals surface area contributed by atoms with Crippen molar-refractivity contribution in [1.29, 1.82) is 0 Å². The number of methoxy groups -OCH3 is 3. The molecule has 1 aliphatic heterocycles. The Hall–Kier alpha value is -2.46. The highest BCUT2D eigenvalue weighted by molar-refractivity contribution is 7.99. The molecule has 1 amide bonds. The van der Waals surface area contributed by atoms with E-state index in [2.05, 4.69) is 28.9 Å². The molecule has 1 aromatic carbocycles. The number of hydrogen-bond acceptors (Lipinski definition) is 8. The maximum absolute atomic E-state index is 12.7. The number of hydrogen-bond donors (Lipinski definition) is 0. The van der Waals surface area contributed by atoms with E-state index in [4.69, 9.17) is 14.2 Å². The Kier molecular flexibility index (Phi) is 8.03. The van der Waals surface area contributed by atoms with Crippen LogP contribution < -0.4 is 14.2 Å². The van der Waals surface area contributed by atoms with Gasteiger partial charge in [0, 0.05) is 44.3 Å². The van der Waals surface area contributed by atoms with Crippen LogP contribution in [0, 0.1) is 0 Å².